The van der Waals surface area contributed by atoms with Gasteiger partial charge in [-0.1, -0.05) is 0 Å². The van der Waals surface area contributed by atoms with Gasteiger partial charge in [-0.2, -0.15) is 0 Å². The van der Waals surface area contributed by atoms with Gasteiger partial charge < -0.3 is 50.0 Å². The van der Waals surface area contributed by atoms with Crippen molar-refractivity contribution in [2.24, 2.45) is 0 Å². The number of aliphatic hydroxyl groups is 7. The molecule has 10 heteroatoms. The van der Waals surface area contributed by atoms with Crippen LogP contribution in [0.15, 0.2) is 0 Å². The van der Waals surface area contributed by atoms with Gasteiger partial charge in [0.05, 0.1) is 19.3 Å². The lowest BCUT2D eigenvalue weighted by molar-refractivity contribution is -0.341. The topological polar surface area (TPSA) is 169 Å². The van der Waals surface area contributed by atoms with E-state index in [4.69, 9.17) is 19.3 Å². The molecule has 7 N–H and O–H groups in total. The van der Waals surface area contributed by atoms with E-state index in [1.165, 1.54) is 6.92 Å². The van der Waals surface area contributed by atoms with Crippen LogP contribution in [0.2, 0.25) is 0 Å². The van der Waals surface area contributed by atoms with Crippen LogP contribution in [0.25, 0.3) is 0 Å². The predicted molar refractivity (Wildman–Crippen MR) is 72.1 cm³/mol. The molecule has 2 fully saturated rings. The first kappa shape index (κ1) is 18.9. The zero-order chi connectivity index (χ0) is 17.3. The van der Waals surface area contributed by atoms with Crippen LogP contribution < -0.4 is 0 Å². The molecule has 10 atom stereocenters. The molecule has 2 aliphatic rings. The summed E-state index contributed by atoms with van der Waals surface area (Å²) in [5.41, 5.74) is 0. The summed E-state index contributed by atoms with van der Waals surface area (Å²) in [4.78, 5) is 0. The molecule has 2 rings (SSSR count). The van der Waals surface area contributed by atoms with Gasteiger partial charge in [0.15, 0.2) is 6.29 Å². The molecule has 10 nitrogen and oxygen atoms in total. The van der Waals surface area contributed by atoms with E-state index in [0.717, 1.165) is 0 Å². The van der Waals surface area contributed by atoms with Gasteiger partial charge in [-0.3, -0.25) is 0 Å². The molecule has 0 amide bonds. The Labute approximate surface area is 132 Å². The first-order valence-electron chi connectivity index (χ1n) is 7.40. The van der Waals surface area contributed by atoms with Crippen LogP contribution in [-0.2, 0) is 14.2 Å². The van der Waals surface area contributed by atoms with E-state index in [1.54, 1.807) is 0 Å². The average Bonchev–Trinajstić information content (AvgIpc) is 2.55. The fraction of sp³-hybridized carbons (Fsp3) is 1.00. The zero-order valence-electron chi connectivity index (χ0n) is 12.5. The lowest BCUT2D eigenvalue weighted by Crippen LogP contribution is -2.64. The molecule has 0 bridgehead atoms. The Kier molecular flexibility index (Phi) is 6.30. The maximum atomic E-state index is 10.1. The zero-order valence-corrected chi connectivity index (χ0v) is 12.5. The van der Waals surface area contributed by atoms with Gasteiger partial charge in [0.1, 0.15) is 48.8 Å². The molecule has 0 saturated carbocycles. The minimum absolute atomic E-state index is 0.518. The van der Waals surface area contributed by atoms with Crippen molar-refractivity contribution in [3.05, 3.63) is 0 Å². The summed E-state index contributed by atoms with van der Waals surface area (Å²) in [5.74, 6) is 0. The molecule has 0 spiro atoms. The third-order valence-corrected chi connectivity index (χ3v) is 4.24. The normalized spacial score (nSPS) is 51.7. The molecule has 0 aromatic heterocycles. The maximum Gasteiger partial charge on any atom is 0.187 e. The quantitative estimate of drug-likeness (QED) is 0.265. The number of ether oxygens (including phenoxy) is 3. The first-order chi connectivity index (χ1) is 10.8. The van der Waals surface area contributed by atoms with E-state index in [9.17, 15) is 30.6 Å². The van der Waals surface area contributed by atoms with Crippen molar-refractivity contribution in [1.82, 2.24) is 0 Å². The van der Waals surface area contributed by atoms with Crippen molar-refractivity contribution in [2.75, 3.05) is 13.2 Å². The van der Waals surface area contributed by atoms with E-state index in [1.807, 2.05) is 0 Å². The van der Waals surface area contributed by atoms with Crippen molar-refractivity contribution in [3.63, 3.8) is 0 Å². The summed E-state index contributed by atoms with van der Waals surface area (Å²) in [5, 5.41) is 67.8. The largest absolute Gasteiger partial charge is 0.394 e. The number of aliphatic hydroxyl groups excluding tert-OH is 7. The van der Waals surface area contributed by atoms with Gasteiger partial charge in [-0.25, -0.2) is 0 Å². The second-order valence-electron chi connectivity index (χ2n) is 5.84. The van der Waals surface area contributed by atoms with Gasteiger partial charge in [-0.15, -0.1) is 0 Å². The molecule has 2 saturated heterocycles. The number of hydrogen-bond acceptors (Lipinski definition) is 10. The van der Waals surface area contributed by atoms with Gasteiger partial charge in [0.2, 0.25) is 0 Å². The molecule has 136 valence electrons. The Morgan fingerprint density at radius 2 is 1.35 bits per heavy atom. The van der Waals surface area contributed by atoms with E-state index < -0.39 is 74.4 Å². The smallest absolute Gasteiger partial charge is 0.187 e. The molecular weight excluding hydrogens is 316 g/mol. The third-order valence-electron chi connectivity index (χ3n) is 4.24. The summed E-state index contributed by atoms with van der Waals surface area (Å²) in [6.45, 7) is 0.369. The molecule has 0 aromatic carbocycles. The second kappa shape index (κ2) is 7.66. The summed E-state index contributed by atoms with van der Waals surface area (Å²) >= 11 is 0. The lowest BCUT2D eigenvalue weighted by Gasteiger charge is -2.45. The van der Waals surface area contributed by atoms with Crippen molar-refractivity contribution in [1.29, 1.82) is 0 Å². The molecule has 0 aromatic rings. The predicted octanol–water partition coefficient (Wildman–Crippen LogP) is -4.33. The van der Waals surface area contributed by atoms with E-state index >= 15 is 0 Å². The highest BCUT2D eigenvalue weighted by molar-refractivity contribution is 4.94. The summed E-state index contributed by atoms with van der Waals surface area (Å²) in [6, 6.07) is 0. The van der Waals surface area contributed by atoms with Crippen LogP contribution in [0.1, 0.15) is 6.92 Å². The molecule has 0 aliphatic carbocycles. The fourth-order valence-electron chi connectivity index (χ4n) is 2.78. The van der Waals surface area contributed by atoms with Crippen LogP contribution in [0.3, 0.4) is 0 Å². The van der Waals surface area contributed by atoms with Gasteiger partial charge in [0, 0.05) is 0 Å². The maximum absolute atomic E-state index is 10.1. The Bertz CT molecular complexity index is 378. The Hall–Kier alpha value is -0.400. The average molecular weight is 340 g/mol. The van der Waals surface area contributed by atoms with E-state index in [0.29, 0.717) is 0 Å². The third kappa shape index (κ3) is 3.66. The van der Waals surface area contributed by atoms with Gasteiger partial charge in [0.25, 0.3) is 0 Å². The second-order valence-corrected chi connectivity index (χ2v) is 5.84. The Morgan fingerprint density at radius 1 is 0.739 bits per heavy atom. The van der Waals surface area contributed by atoms with Crippen LogP contribution in [-0.4, -0.2) is 110 Å². The van der Waals surface area contributed by atoms with E-state index in [-0.39, 0.29) is 0 Å². The minimum atomic E-state index is -1.66. The summed E-state index contributed by atoms with van der Waals surface area (Å²) in [6.07, 6.45) is -13.2. The Morgan fingerprint density at radius 3 is 1.91 bits per heavy atom. The standard InChI is InChI=1S/C13H24O10/c1-4-7(16)10(19)12(6(3-15)21-4)23-13-11(20)9(18)8(17)5(2-14)22-13/h4-20H,2-3H2,1H3/t4-,5?,6?,7?,8+,9?,10?,11?,12+,13+/m0/s1. The molecular formula is C13H24O10. The Balaban J connectivity index is 2.11. The summed E-state index contributed by atoms with van der Waals surface area (Å²) in [7, 11) is 0. The van der Waals surface area contributed by atoms with Gasteiger partial charge >= 0.3 is 0 Å². The lowest BCUT2D eigenvalue weighted by atomic mass is 9.95. The van der Waals surface area contributed by atoms with Crippen LogP contribution >= 0.6 is 0 Å². The van der Waals surface area contributed by atoms with Crippen LogP contribution in [0.4, 0.5) is 0 Å². The van der Waals surface area contributed by atoms with Crippen LogP contribution in [0, 0.1) is 0 Å². The van der Waals surface area contributed by atoms with Gasteiger partial charge in [-0.05, 0) is 6.92 Å². The molecule has 23 heavy (non-hydrogen) atoms. The first-order valence-corrected chi connectivity index (χ1v) is 7.40. The molecule has 2 aliphatic heterocycles. The highest BCUT2D eigenvalue weighted by atomic mass is 16.7. The number of hydrogen-bond donors (Lipinski definition) is 7. The van der Waals surface area contributed by atoms with Crippen molar-refractivity contribution in [2.45, 2.75) is 68.1 Å². The minimum Gasteiger partial charge on any atom is -0.394 e. The van der Waals surface area contributed by atoms with Crippen molar-refractivity contribution >= 4 is 0 Å². The highest BCUT2D eigenvalue weighted by Crippen LogP contribution is 2.28. The number of rotatable bonds is 4. The molecule has 0 radical (unpaired) electrons. The monoisotopic (exact) mass is 340 g/mol. The van der Waals surface area contributed by atoms with E-state index in [2.05, 4.69) is 0 Å². The highest BCUT2D eigenvalue weighted by Gasteiger charge is 2.49. The van der Waals surface area contributed by atoms with Crippen LogP contribution in [0.5, 0.6) is 0 Å². The SMILES string of the molecule is C[C@@H]1OC(CO)[C@@H](O[C@H]2OC(CO)[C@@H](O)C(O)C2O)C(O)C1O. The van der Waals surface area contributed by atoms with Crippen molar-refractivity contribution < 1.29 is 50.0 Å². The summed E-state index contributed by atoms with van der Waals surface area (Å²) < 4.78 is 15.9. The molecule has 6 unspecified atom stereocenters. The molecule has 2 heterocycles. The van der Waals surface area contributed by atoms with Crippen molar-refractivity contribution in [3.8, 4) is 0 Å². The fourth-order valence-corrected chi connectivity index (χ4v) is 2.78.